The van der Waals surface area contributed by atoms with Crippen LogP contribution in [0.1, 0.15) is 52.8 Å². The molecule has 3 aromatic heterocycles. The molecule has 2 aliphatic carbocycles. The summed E-state index contributed by atoms with van der Waals surface area (Å²) >= 11 is 1.46. The van der Waals surface area contributed by atoms with Crippen molar-refractivity contribution >= 4 is 16.3 Å². The Bertz CT molecular complexity index is 1070. The van der Waals surface area contributed by atoms with E-state index >= 15 is 0 Å². The Morgan fingerprint density at radius 2 is 2.04 bits per heavy atom. The summed E-state index contributed by atoms with van der Waals surface area (Å²) in [5, 5.41) is 4.15. The predicted octanol–water partition coefficient (Wildman–Crippen LogP) is 3.39. The molecule has 0 spiro atoms. The van der Waals surface area contributed by atoms with Gasteiger partial charge in [0.25, 0.3) is 5.56 Å². The Hall–Kier alpha value is -2.16. The molecule has 0 N–H and O–H groups in total. The quantitative estimate of drug-likeness (QED) is 0.700. The first kappa shape index (κ1) is 16.0. The first-order chi connectivity index (χ1) is 12.4. The molecule has 0 bridgehead atoms. The number of thiazole rings is 1. The summed E-state index contributed by atoms with van der Waals surface area (Å²) in [5.41, 5.74) is 0.777. The third kappa shape index (κ3) is 2.56. The Labute approximate surface area is 150 Å². The molecule has 9 heteroatoms. The molecule has 0 atom stereocenters. The number of fused-ring (bicyclic) bond motifs is 3. The van der Waals surface area contributed by atoms with Crippen LogP contribution in [-0.4, -0.2) is 19.2 Å². The fourth-order valence-corrected chi connectivity index (χ4v) is 4.81. The maximum absolute atomic E-state index is 13.3. The van der Waals surface area contributed by atoms with E-state index in [0.717, 1.165) is 53.4 Å². The van der Waals surface area contributed by atoms with Crippen molar-refractivity contribution in [1.29, 1.82) is 0 Å². The van der Waals surface area contributed by atoms with Crippen LogP contribution in [0.5, 0.6) is 0 Å². The Kier molecular flexibility index (Phi) is 3.34. The van der Waals surface area contributed by atoms with Gasteiger partial charge in [-0.15, -0.1) is 11.3 Å². The lowest BCUT2D eigenvalue weighted by Crippen LogP contribution is -2.20. The molecule has 0 amide bonds. The van der Waals surface area contributed by atoms with Gasteiger partial charge in [-0.3, -0.25) is 13.9 Å². The molecule has 1 fully saturated rings. The van der Waals surface area contributed by atoms with Gasteiger partial charge in [0, 0.05) is 22.6 Å². The van der Waals surface area contributed by atoms with Gasteiger partial charge < -0.3 is 0 Å². The molecule has 1 saturated carbocycles. The molecule has 136 valence electrons. The second-order valence-corrected chi connectivity index (χ2v) is 7.98. The van der Waals surface area contributed by atoms with Crippen LogP contribution in [0.3, 0.4) is 0 Å². The van der Waals surface area contributed by atoms with Crippen molar-refractivity contribution in [3.05, 3.63) is 50.1 Å². The topological polar surface area (TPSA) is 52.2 Å². The van der Waals surface area contributed by atoms with Crippen LogP contribution >= 0.6 is 11.3 Å². The number of hydrogen-bond acceptors (Lipinski definition) is 4. The summed E-state index contributed by atoms with van der Waals surface area (Å²) in [7, 11) is 0. The van der Waals surface area contributed by atoms with Crippen LogP contribution in [0.2, 0.25) is 0 Å². The maximum atomic E-state index is 13.3. The standard InChI is InChI=1S/C17H15F3N4OS/c18-17(19,20)14-7-11(9-4-5-9)22-23(14)8-10-6-15(25)24-12-2-1-3-13(12)26-16(24)21-10/h6-7,9H,1-5,8H2. The molecule has 0 unspecified atom stereocenters. The molecule has 0 saturated heterocycles. The van der Waals surface area contributed by atoms with Crippen molar-refractivity contribution in [3.8, 4) is 0 Å². The molecular formula is C17H15F3N4OS. The number of aryl methyl sites for hydroxylation is 2. The maximum Gasteiger partial charge on any atom is 0.433 e. The van der Waals surface area contributed by atoms with Crippen molar-refractivity contribution in [2.45, 2.75) is 50.7 Å². The number of halogens is 3. The summed E-state index contributed by atoms with van der Waals surface area (Å²) in [6, 6.07) is 2.46. The van der Waals surface area contributed by atoms with Crippen molar-refractivity contribution in [1.82, 2.24) is 19.2 Å². The Balaban J connectivity index is 1.56. The van der Waals surface area contributed by atoms with Gasteiger partial charge in [0.15, 0.2) is 4.96 Å². The minimum absolute atomic E-state index is 0.124. The number of alkyl halides is 3. The Morgan fingerprint density at radius 1 is 1.23 bits per heavy atom. The molecule has 0 aliphatic heterocycles. The normalized spacial score (nSPS) is 17.2. The molecular weight excluding hydrogens is 365 g/mol. The highest BCUT2D eigenvalue weighted by Crippen LogP contribution is 2.41. The first-order valence-corrected chi connectivity index (χ1v) is 9.40. The molecule has 0 radical (unpaired) electrons. The van der Waals surface area contributed by atoms with E-state index in [9.17, 15) is 18.0 Å². The average Bonchev–Trinajstić information content (AvgIpc) is 2.98. The van der Waals surface area contributed by atoms with Gasteiger partial charge >= 0.3 is 6.18 Å². The van der Waals surface area contributed by atoms with Gasteiger partial charge in [-0.25, -0.2) is 4.98 Å². The second-order valence-electron chi connectivity index (χ2n) is 6.91. The van der Waals surface area contributed by atoms with Crippen LogP contribution < -0.4 is 5.56 Å². The predicted molar refractivity (Wildman–Crippen MR) is 89.7 cm³/mol. The summed E-state index contributed by atoms with van der Waals surface area (Å²) in [5.74, 6) is 0.124. The molecule has 5 nitrogen and oxygen atoms in total. The SMILES string of the molecule is O=c1cc(Cn2nc(C3CC3)cc2C(F)(F)F)nc2sc3c(n12)CCC3. The van der Waals surface area contributed by atoms with Crippen LogP contribution in [-0.2, 0) is 25.6 Å². The van der Waals surface area contributed by atoms with Crippen molar-refractivity contribution in [3.63, 3.8) is 0 Å². The van der Waals surface area contributed by atoms with E-state index in [-0.39, 0.29) is 18.0 Å². The lowest BCUT2D eigenvalue weighted by Gasteiger charge is -2.10. The van der Waals surface area contributed by atoms with Crippen LogP contribution in [0.4, 0.5) is 13.2 Å². The Morgan fingerprint density at radius 3 is 2.77 bits per heavy atom. The van der Waals surface area contributed by atoms with Crippen molar-refractivity contribution < 1.29 is 13.2 Å². The van der Waals surface area contributed by atoms with E-state index in [4.69, 9.17) is 0 Å². The third-order valence-corrected chi connectivity index (χ3v) is 6.10. The fraction of sp³-hybridized carbons (Fsp3) is 0.471. The van der Waals surface area contributed by atoms with Crippen LogP contribution in [0, 0.1) is 0 Å². The zero-order valence-electron chi connectivity index (χ0n) is 13.7. The summed E-state index contributed by atoms with van der Waals surface area (Å²) < 4.78 is 42.6. The molecule has 5 rings (SSSR count). The minimum Gasteiger partial charge on any atom is -0.269 e. The van der Waals surface area contributed by atoms with E-state index in [1.807, 2.05) is 0 Å². The van der Waals surface area contributed by atoms with E-state index in [1.54, 1.807) is 4.40 Å². The highest BCUT2D eigenvalue weighted by atomic mass is 32.1. The zero-order valence-corrected chi connectivity index (χ0v) is 14.5. The van der Waals surface area contributed by atoms with Gasteiger partial charge in [-0.05, 0) is 38.2 Å². The van der Waals surface area contributed by atoms with Gasteiger partial charge in [0.2, 0.25) is 0 Å². The van der Waals surface area contributed by atoms with Crippen LogP contribution in [0.15, 0.2) is 16.9 Å². The molecule has 26 heavy (non-hydrogen) atoms. The van der Waals surface area contributed by atoms with Crippen molar-refractivity contribution in [2.24, 2.45) is 0 Å². The van der Waals surface area contributed by atoms with Gasteiger partial charge in [0.1, 0.15) is 5.69 Å². The first-order valence-electron chi connectivity index (χ1n) is 8.58. The highest BCUT2D eigenvalue weighted by Gasteiger charge is 2.38. The smallest absolute Gasteiger partial charge is 0.269 e. The van der Waals surface area contributed by atoms with Crippen molar-refractivity contribution in [2.75, 3.05) is 0 Å². The molecule has 3 heterocycles. The third-order valence-electron chi connectivity index (χ3n) is 4.96. The molecule has 3 aromatic rings. The molecule has 2 aliphatic rings. The van der Waals surface area contributed by atoms with Crippen LogP contribution in [0.25, 0.3) is 4.96 Å². The largest absolute Gasteiger partial charge is 0.433 e. The summed E-state index contributed by atoms with van der Waals surface area (Å²) in [4.78, 5) is 18.6. The lowest BCUT2D eigenvalue weighted by atomic mass is 10.2. The van der Waals surface area contributed by atoms with Gasteiger partial charge in [-0.1, -0.05) is 0 Å². The monoisotopic (exact) mass is 380 g/mol. The van der Waals surface area contributed by atoms with Gasteiger partial charge in [0.05, 0.1) is 17.9 Å². The van der Waals surface area contributed by atoms with Gasteiger partial charge in [-0.2, -0.15) is 18.3 Å². The molecule has 0 aromatic carbocycles. The fourth-order valence-electron chi connectivity index (χ4n) is 3.58. The average molecular weight is 380 g/mol. The number of nitrogens with zero attached hydrogens (tertiary/aromatic N) is 4. The van der Waals surface area contributed by atoms with E-state index in [1.165, 1.54) is 17.4 Å². The highest BCUT2D eigenvalue weighted by molar-refractivity contribution is 7.17. The number of rotatable bonds is 3. The van der Waals surface area contributed by atoms with E-state index in [0.29, 0.717) is 16.3 Å². The van der Waals surface area contributed by atoms with E-state index in [2.05, 4.69) is 10.1 Å². The second kappa shape index (κ2) is 5.42. The summed E-state index contributed by atoms with van der Waals surface area (Å²) in [6.45, 7) is -0.157. The minimum atomic E-state index is -4.48. The zero-order chi connectivity index (χ0) is 18.1. The lowest BCUT2D eigenvalue weighted by molar-refractivity contribution is -0.144. The summed E-state index contributed by atoms with van der Waals surface area (Å²) in [6.07, 6.45) is 0.0702. The number of hydrogen-bond donors (Lipinski definition) is 0. The number of aromatic nitrogens is 4. The van der Waals surface area contributed by atoms with E-state index < -0.39 is 11.9 Å².